The van der Waals surface area contributed by atoms with Crippen molar-refractivity contribution in [3.8, 4) is 0 Å². The van der Waals surface area contributed by atoms with E-state index < -0.39 is 6.03 Å². The minimum absolute atomic E-state index is 0.0832. The minimum Gasteiger partial charge on any atom is -0.466 e. The number of rotatable bonds is 6. The van der Waals surface area contributed by atoms with Crippen LogP contribution in [0.3, 0.4) is 0 Å². The summed E-state index contributed by atoms with van der Waals surface area (Å²) in [4.78, 5) is 36.5. The molecular weight excluding hydrogens is 274 g/mol. The van der Waals surface area contributed by atoms with E-state index in [0.29, 0.717) is 39.1 Å². The van der Waals surface area contributed by atoms with Crippen molar-refractivity contribution in [1.82, 2.24) is 15.5 Å². The van der Waals surface area contributed by atoms with Gasteiger partial charge in [0.25, 0.3) is 0 Å². The maximum atomic E-state index is 11.7. The van der Waals surface area contributed by atoms with Crippen molar-refractivity contribution in [2.75, 3.05) is 32.8 Å². The van der Waals surface area contributed by atoms with Crippen LogP contribution in [-0.2, 0) is 14.3 Å². The predicted molar refractivity (Wildman–Crippen MR) is 77.5 cm³/mol. The van der Waals surface area contributed by atoms with Crippen LogP contribution in [0.4, 0.5) is 4.79 Å². The Hall–Kier alpha value is -1.89. The first-order valence-corrected chi connectivity index (χ1v) is 7.14. The number of imide groups is 1. The monoisotopic (exact) mass is 297 g/mol. The number of nitrogens with one attached hydrogen (secondary N) is 2. The van der Waals surface area contributed by atoms with Gasteiger partial charge >= 0.3 is 12.0 Å². The summed E-state index contributed by atoms with van der Waals surface area (Å²) in [6.07, 6.45) is 2.88. The molecule has 118 valence electrons. The van der Waals surface area contributed by atoms with E-state index in [-0.39, 0.29) is 24.3 Å². The highest BCUT2D eigenvalue weighted by atomic mass is 16.5. The van der Waals surface area contributed by atoms with Crippen LogP contribution < -0.4 is 10.6 Å². The fraction of sp³-hybridized carbons (Fsp3) is 0.643. The second kappa shape index (κ2) is 9.12. The molecule has 0 atom stereocenters. The number of carbonyl (C=O) groups excluding carboxylic acids is 3. The molecule has 0 aromatic carbocycles. The number of likely N-dealkylation sites (tertiary alicyclic amines) is 1. The first-order chi connectivity index (χ1) is 10.1. The van der Waals surface area contributed by atoms with Crippen molar-refractivity contribution in [3.63, 3.8) is 0 Å². The molecule has 0 aliphatic carbocycles. The van der Waals surface area contributed by atoms with Crippen LogP contribution in [0.5, 0.6) is 0 Å². The minimum atomic E-state index is -0.527. The first kappa shape index (κ1) is 17.2. The van der Waals surface area contributed by atoms with E-state index >= 15 is 0 Å². The summed E-state index contributed by atoms with van der Waals surface area (Å²) in [5, 5.41) is 4.71. The number of amides is 3. The summed E-state index contributed by atoms with van der Waals surface area (Å²) in [7, 11) is 0. The Morgan fingerprint density at radius 1 is 1.33 bits per heavy atom. The lowest BCUT2D eigenvalue weighted by Gasteiger charge is -2.30. The van der Waals surface area contributed by atoms with Gasteiger partial charge in [-0.3, -0.25) is 19.8 Å². The molecule has 0 saturated carbocycles. The highest BCUT2D eigenvalue weighted by Gasteiger charge is 2.26. The molecule has 0 bridgehead atoms. The lowest BCUT2D eigenvalue weighted by Crippen LogP contribution is -2.46. The van der Waals surface area contributed by atoms with E-state index in [4.69, 9.17) is 4.74 Å². The van der Waals surface area contributed by atoms with Gasteiger partial charge in [0.2, 0.25) is 5.91 Å². The van der Waals surface area contributed by atoms with Crippen LogP contribution in [0.1, 0.15) is 19.8 Å². The van der Waals surface area contributed by atoms with Crippen molar-refractivity contribution in [3.05, 3.63) is 12.7 Å². The van der Waals surface area contributed by atoms with Gasteiger partial charge in [-0.2, -0.15) is 0 Å². The largest absolute Gasteiger partial charge is 0.466 e. The molecule has 0 aromatic rings. The molecule has 3 amide bonds. The molecule has 1 aliphatic rings. The van der Waals surface area contributed by atoms with Crippen LogP contribution in [0.25, 0.3) is 0 Å². The van der Waals surface area contributed by atoms with Crippen molar-refractivity contribution < 1.29 is 19.1 Å². The standard InChI is InChI=1S/C14H23N3O4/c1-3-7-15-14(20)16-12(18)10-17-8-5-11(6-9-17)13(19)21-4-2/h3,11H,1,4-10H2,2H3,(H2,15,16,18,20). The van der Waals surface area contributed by atoms with Gasteiger partial charge in [-0.05, 0) is 32.9 Å². The fourth-order valence-corrected chi connectivity index (χ4v) is 2.17. The number of hydrogen-bond donors (Lipinski definition) is 2. The highest BCUT2D eigenvalue weighted by molar-refractivity contribution is 5.95. The van der Waals surface area contributed by atoms with Gasteiger partial charge in [-0.1, -0.05) is 6.08 Å². The number of ether oxygens (including phenoxy) is 1. The van der Waals surface area contributed by atoms with E-state index in [1.165, 1.54) is 6.08 Å². The molecule has 0 unspecified atom stereocenters. The third kappa shape index (κ3) is 6.40. The van der Waals surface area contributed by atoms with Crippen LogP contribution in [-0.4, -0.2) is 55.6 Å². The van der Waals surface area contributed by atoms with Crippen LogP contribution >= 0.6 is 0 Å². The summed E-state index contributed by atoms with van der Waals surface area (Å²) in [5.74, 6) is -0.600. The third-order valence-electron chi connectivity index (χ3n) is 3.23. The number of urea groups is 1. The molecule has 0 spiro atoms. The van der Waals surface area contributed by atoms with Gasteiger partial charge in [-0.25, -0.2) is 4.79 Å². The predicted octanol–water partition coefficient (Wildman–Crippen LogP) is 0.273. The second-order valence-electron chi connectivity index (χ2n) is 4.85. The lowest BCUT2D eigenvalue weighted by molar-refractivity contribution is -0.149. The zero-order valence-corrected chi connectivity index (χ0v) is 12.4. The van der Waals surface area contributed by atoms with E-state index in [0.717, 1.165) is 0 Å². The summed E-state index contributed by atoms with van der Waals surface area (Å²) in [6, 6.07) is -0.527. The molecule has 2 N–H and O–H groups in total. The highest BCUT2D eigenvalue weighted by Crippen LogP contribution is 2.18. The number of piperidine rings is 1. The lowest BCUT2D eigenvalue weighted by atomic mass is 9.97. The number of esters is 1. The normalized spacial score (nSPS) is 16.0. The molecule has 0 aromatic heterocycles. The van der Waals surface area contributed by atoms with Gasteiger partial charge < -0.3 is 10.1 Å². The molecule has 1 aliphatic heterocycles. The zero-order valence-electron chi connectivity index (χ0n) is 12.4. The average molecular weight is 297 g/mol. The quantitative estimate of drug-likeness (QED) is 0.543. The van der Waals surface area contributed by atoms with Crippen LogP contribution in [0, 0.1) is 5.92 Å². The Bertz CT molecular complexity index is 390. The van der Waals surface area contributed by atoms with Crippen LogP contribution in [0.15, 0.2) is 12.7 Å². The Morgan fingerprint density at radius 3 is 2.57 bits per heavy atom. The molecule has 7 nitrogen and oxygen atoms in total. The topological polar surface area (TPSA) is 87.7 Å². The van der Waals surface area contributed by atoms with E-state index in [1.807, 2.05) is 4.90 Å². The van der Waals surface area contributed by atoms with Gasteiger partial charge in [0.15, 0.2) is 0 Å². The maximum Gasteiger partial charge on any atom is 0.321 e. The van der Waals surface area contributed by atoms with Gasteiger partial charge in [0.1, 0.15) is 0 Å². The van der Waals surface area contributed by atoms with E-state index in [1.54, 1.807) is 6.92 Å². The number of carbonyl (C=O) groups is 3. The van der Waals surface area contributed by atoms with Gasteiger partial charge in [0.05, 0.1) is 19.1 Å². The Labute approximate surface area is 124 Å². The van der Waals surface area contributed by atoms with Gasteiger partial charge in [-0.15, -0.1) is 6.58 Å². The van der Waals surface area contributed by atoms with Crippen molar-refractivity contribution in [2.45, 2.75) is 19.8 Å². The third-order valence-corrected chi connectivity index (χ3v) is 3.23. The molecule has 1 fully saturated rings. The van der Waals surface area contributed by atoms with Crippen molar-refractivity contribution in [2.24, 2.45) is 5.92 Å². The summed E-state index contributed by atoms with van der Waals surface area (Å²) in [5.41, 5.74) is 0. The molecule has 0 radical (unpaired) electrons. The molecular formula is C14H23N3O4. The molecule has 1 rings (SSSR count). The molecule has 7 heteroatoms. The van der Waals surface area contributed by atoms with Gasteiger partial charge in [0, 0.05) is 6.54 Å². The Balaban J connectivity index is 2.25. The summed E-state index contributed by atoms with van der Waals surface area (Å²) in [6.45, 7) is 7.39. The molecule has 1 saturated heterocycles. The number of hydrogen-bond acceptors (Lipinski definition) is 5. The van der Waals surface area contributed by atoms with Crippen LogP contribution in [0.2, 0.25) is 0 Å². The van der Waals surface area contributed by atoms with E-state index in [9.17, 15) is 14.4 Å². The van der Waals surface area contributed by atoms with Crippen molar-refractivity contribution in [1.29, 1.82) is 0 Å². The zero-order chi connectivity index (χ0) is 15.7. The molecule has 1 heterocycles. The second-order valence-corrected chi connectivity index (χ2v) is 4.85. The summed E-state index contributed by atoms with van der Waals surface area (Å²) >= 11 is 0. The molecule has 21 heavy (non-hydrogen) atoms. The Morgan fingerprint density at radius 2 is 2.00 bits per heavy atom. The SMILES string of the molecule is C=CCNC(=O)NC(=O)CN1CCC(C(=O)OCC)CC1. The average Bonchev–Trinajstić information content (AvgIpc) is 2.46. The maximum absolute atomic E-state index is 11.7. The smallest absolute Gasteiger partial charge is 0.321 e. The fourth-order valence-electron chi connectivity index (χ4n) is 2.17. The number of nitrogens with zero attached hydrogens (tertiary/aromatic N) is 1. The summed E-state index contributed by atoms with van der Waals surface area (Å²) < 4.78 is 4.99. The van der Waals surface area contributed by atoms with Crippen molar-refractivity contribution >= 4 is 17.9 Å². The first-order valence-electron chi connectivity index (χ1n) is 7.14. The Kier molecular flexibility index (Phi) is 7.45. The van der Waals surface area contributed by atoms with E-state index in [2.05, 4.69) is 17.2 Å².